The normalized spacial score (nSPS) is 12.7. The fraction of sp³-hybridized carbons (Fsp3) is 0.484. The fourth-order valence-electron chi connectivity index (χ4n) is 4.71. The van der Waals surface area contributed by atoms with Gasteiger partial charge in [-0.05, 0) is 82.6 Å². The summed E-state index contributed by atoms with van der Waals surface area (Å²) in [6, 6.07) is 22.0. The van der Waals surface area contributed by atoms with Crippen molar-refractivity contribution >= 4 is 24.5 Å². The number of carbonyl (C=O) groups is 1. The third-order valence-corrected chi connectivity index (χ3v) is 9.38. The minimum atomic E-state index is -0.683. The Labute approximate surface area is 218 Å². The summed E-state index contributed by atoms with van der Waals surface area (Å²) in [7, 11) is -0.361. The highest BCUT2D eigenvalue weighted by Crippen LogP contribution is 2.37. The molecule has 194 valence electrons. The van der Waals surface area contributed by atoms with E-state index >= 15 is 0 Å². The standard InChI is InChI=1S/C31H43N2O2P/c1-31(2,3)33-25-27(24-32-33)26(16-9-5-4-6-14-22-30(34)35)17-15-23-36(28-18-10-7-11-19-28)29-20-12-8-13-21-29/h7-8,10-13,18-21,24-26H,4-6,9,14-17,22-23H2,1-3H3,(H,34,35). The molecular formula is C31H43N2O2P. The number of benzene rings is 2. The first-order valence-electron chi connectivity index (χ1n) is 13.5. The maximum atomic E-state index is 10.7. The van der Waals surface area contributed by atoms with Gasteiger partial charge < -0.3 is 5.11 Å². The van der Waals surface area contributed by atoms with E-state index in [0.717, 1.165) is 19.3 Å². The maximum absolute atomic E-state index is 10.7. The number of nitrogens with zero attached hydrogens (tertiary/aromatic N) is 2. The Morgan fingerprint density at radius 3 is 1.97 bits per heavy atom. The zero-order chi connectivity index (χ0) is 25.8. The lowest BCUT2D eigenvalue weighted by atomic mass is 9.91. The summed E-state index contributed by atoms with van der Waals surface area (Å²) in [5.41, 5.74) is 1.35. The Morgan fingerprint density at radius 1 is 0.861 bits per heavy atom. The van der Waals surface area contributed by atoms with E-state index in [1.165, 1.54) is 54.4 Å². The second-order valence-electron chi connectivity index (χ2n) is 10.8. The molecule has 0 bridgehead atoms. The average Bonchev–Trinajstić information content (AvgIpc) is 3.37. The van der Waals surface area contributed by atoms with Crippen LogP contribution in [0.2, 0.25) is 0 Å². The van der Waals surface area contributed by atoms with Crippen LogP contribution in [0, 0.1) is 0 Å². The summed E-state index contributed by atoms with van der Waals surface area (Å²) in [6.45, 7) is 6.59. The monoisotopic (exact) mass is 506 g/mol. The number of carboxylic acids is 1. The first-order chi connectivity index (χ1) is 17.3. The molecule has 1 aromatic heterocycles. The molecule has 3 aromatic rings. The molecule has 1 atom stereocenters. The van der Waals surface area contributed by atoms with Crippen molar-refractivity contribution in [3.05, 3.63) is 78.6 Å². The molecule has 1 heterocycles. The molecule has 0 spiro atoms. The van der Waals surface area contributed by atoms with Gasteiger partial charge in [0, 0.05) is 12.6 Å². The van der Waals surface area contributed by atoms with E-state index in [2.05, 4.69) is 98.5 Å². The van der Waals surface area contributed by atoms with Crippen LogP contribution in [0.5, 0.6) is 0 Å². The van der Waals surface area contributed by atoms with Gasteiger partial charge in [0.2, 0.25) is 0 Å². The number of unbranched alkanes of at least 4 members (excludes halogenated alkanes) is 4. The average molecular weight is 507 g/mol. The van der Waals surface area contributed by atoms with Gasteiger partial charge in [0.1, 0.15) is 0 Å². The van der Waals surface area contributed by atoms with Crippen molar-refractivity contribution in [1.82, 2.24) is 9.78 Å². The van der Waals surface area contributed by atoms with Crippen molar-refractivity contribution < 1.29 is 9.90 Å². The maximum Gasteiger partial charge on any atom is 0.303 e. The van der Waals surface area contributed by atoms with E-state index in [-0.39, 0.29) is 13.5 Å². The molecule has 0 radical (unpaired) electrons. The van der Waals surface area contributed by atoms with Crippen molar-refractivity contribution in [3.63, 3.8) is 0 Å². The van der Waals surface area contributed by atoms with Crippen molar-refractivity contribution in [2.24, 2.45) is 0 Å². The van der Waals surface area contributed by atoms with Crippen LogP contribution in [-0.2, 0) is 10.3 Å². The molecule has 2 aromatic carbocycles. The lowest BCUT2D eigenvalue weighted by Gasteiger charge is -2.22. The third kappa shape index (κ3) is 9.21. The van der Waals surface area contributed by atoms with Crippen molar-refractivity contribution in [2.45, 2.75) is 90.0 Å². The van der Waals surface area contributed by atoms with Crippen LogP contribution in [0.3, 0.4) is 0 Å². The van der Waals surface area contributed by atoms with Gasteiger partial charge in [0.15, 0.2) is 0 Å². The van der Waals surface area contributed by atoms with Crippen LogP contribution in [0.4, 0.5) is 0 Å². The van der Waals surface area contributed by atoms with Gasteiger partial charge in [-0.15, -0.1) is 0 Å². The lowest BCUT2D eigenvalue weighted by molar-refractivity contribution is -0.137. The Kier molecular flexibility index (Phi) is 11.2. The Bertz CT molecular complexity index is 988. The smallest absolute Gasteiger partial charge is 0.303 e. The number of hydrogen-bond donors (Lipinski definition) is 1. The van der Waals surface area contributed by atoms with Crippen LogP contribution in [0.25, 0.3) is 0 Å². The number of rotatable bonds is 15. The summed E-state index contributed by atoms with van der Waals surface area (Å²) in [5.74, 6) is -0.166. The highest BCUT2D eigenvalue weighted by molar-refractivity contribution is 7.73. The molecule has 5 heteroatoms. The van der Waals surface area contributed by atoms with E-state index in [0.29, 0.717) is 12.3 Å². The lowest BCUT2D eigenvalue weighted by Crippen LogP contribution is -2.22. The summed E-state index contributed by atoms with van der Waals surface area (Å²) in [5, 5.41) is 16.4. The van der Waals surface area contributed by atoms with Crippen LogP contribution >= 0.6 is 7.92 Å². The molecule has 0 amide bonds. The Hall–Kier alpha value is -2.45. The Morgan fingerprint density at radius 2 is 1.42 bits per heavy atom. The fourth-order valence-corrected chi connectivity index (χ4v) is 7.09. The summed E-state index contributed by atoms with van der Waals surface area (Å²) >= 11 is 0. The van der Waals surface area contributed by atoms with Crippen LogP contribution < -0.4 is 10.6 Å². The van der Waals surface area contributed by atoms with Crippen LogP contribution in [-0.4, -0.2) is 27.0 Å². The molecule has 0 aliphatic rings. The van der Waals surface area contributed by atoms with E-state index in [9.17, 15) is 4.79 Å². The van der Waals surface area contributed by atoms with Crippen molar-refractivity contribution in [1.29, 1.82) is 0 Å². The molecule has 0 aliphatic carbocycles. The van der Waals surface area contributed by atoms with Gasteiger partial charge in [-0.1, -0.05) is 86.3 Å². The molecule has 4 nitrogen and oxygen atoms in total. The predicted molar refractivity (Wildman–Crippen MR) is 153 cm³/mol. The Balaban J connectivity index is 1.62. The number of hydrogen-bond acceptors (Lipinski definition) is 2. The van der Waals surface area contributed by atoms with Gasteiger partial charge in [0.25, 0.3) is 0 Å². The first kappa shape index (κ1) is 28.1. The predicted octanol–water partition coefficient (Wildman–Crippen LogP) is 7.45. The zero-order valence-electron chi connectivity index (χ0n) is 22.3. The van der Waals surface area contributed by atoms with Gasteiger partial charge in [0.05, 0.1) is 11.7 Å². The quantitative estimate of drug-likeness (QED) is 0.172. The summed E-state index contributed by atoms with van der Waals surface area (Å²) < 4.78 is 2.10. The summed E-state index contributed by atoms with van der Waals surface area (Å²) in [4.78, 5) is 10.7. The van der Waals surface area contributed by atoms with E-state index < -0.39 is 5.97 Å². The van der Waals surface area contributed by atoms with Gasteiger partial charge in [-0.3, -0.25) is 9.48 Å². The molecular weight excluding hydrogens is 463 g/mol. The molecule has 0 fully saturated rings. The topological polar surface area (TPSA) is 55.1 Å². The van der Waals surface area contributed by atoms with Crippen LogP contribution in [0.1, 0.15) is 90.0 Å². The number of aliphatic carboxylic acids is 1. The highest BCUT2D eigenvalue weighted by atomic mass is 31.1. The van der Waals surface area contributed by atoms with Gasteiger partial charge in [-0.25, -0.2) is 0 Å². The van der Waals surface area contributed by atoms with Gasteiger partial charge in [-0.2, -0.15) is 5.10 Å². The number of carboxylic acid groups (broad SMARTS) is 1. The van der Waals surface area contributed by atoms with Crippen molar-refractivity contribution in [3.8, 4) is 0 Å². The van der Waals surface area contributed by atoms with Crippen molar-refractivity contribution in [2.75, 3.05) is 6.16 Å². The molecule has 1 unspecified atom stereocenters. The van der Waals surface area contributed by atoms with Crippen LogP contribution in [0.15, 0.2) is 73.1 Å². The molecule has 0 aliphatic heterocycles. The third-order valence-electron chi connectivity index (χ3n) is 6.77. The van der Waals surface area contributed by atoms with E-state index in [1.54, 1.807) is 0 Å². The molecule has 0 saturated carbocycles. The molecule has 0 saturated heterocycles. The number of aromatic nitrogens is 2. The van der Waals surface area contributed by atoms with E-state index in [4.69, 9.17) is 10.2 Å². The highest BCUT2D eigenvalue weighted by Gasteiger charge is 2.20. The van der Waals surface area contributed by atoms with E-state index in [1.807, 2.05) is 0 Å². The molecule has 1 N–H and O–H groups in total. The first-order valence-corrected chi connectivity index (χ1v) is 15.0. The van der Waals surface area contributed by atoms with Gasteiger partial charge >= 0.3 is 5.97 Å². The second-order valence-corrected chi connectivity index (χ2v) is 13.1. The largest absolute Gasteiger partial charge is 0.481 e. The summed E-state index contributed by atoms with van der Waals surface area (Å²) in [6.07, 6.45) is 14.6. The molecule has 36 heavy (non-hydrogen) atoms. The minimum Gasteiger partial charge on any atom is -0.481 e. The molecule has 3 rings (SSSR count). The minimum absolute atomic E-state index is 0.0120. The SMILES string of the molecule is CC(C)(C)n1cc(C(CCCCCCCC(=O)O)CCCP(c2ccccc2)c2ccccc2)cn1. The second kappa shape index (κ2) is 14.3. The zero-order valence-corrected chi connectivity index (χ0v) is 23.2.